The molecule has 0 saturated carbocycles. The van der Waals surface area contributed by atoms with Crippen molar-refractivity contribution in [3.63, 3.8) is 0 Å². The summed E-state index contributed by atoms with van der Waals surface area (Å²) in [6.07, 6.45) is 1.70. The maximum Gasteiger partial charge on any atom is 0.342 e. The molecule has 0 aliphatic carbocycles. The molecule has 1 atom stereocenters. The van der Waals surface area contributed by atoms with Crippen LogP contribution in [0.1, 0.15) is 28.2 Å². The SMILES string of the molecule is CC(CNc1cccc(C(=O)O)c1[N+](=O)[O-])c1nccs1. The summed E-state index contributed by atoms with van der Waals surface area (Å²) < 4.78 is 0. The largest absolute Gasteiger partial charge is 0.477 e. The highest BCUT2D eigenvalue weighted by Gasteiger charge is 2.24. The number of carbonyl (C=O) groups is 1. The van der Waals surface area contributed by atoms with Crippen molar-refractivity contribution in [2.24, 2.45) is 0 Å². The monoisotopic (exact) mass is 307 g/mol. The van der Waals surface area contributed by atoms with Gasteiger partial charge in [0.25, 0.3) is 0 Å². The number of nitro benzene ring substituents is 1. The van der Waals surface area contributed by atoms with Gasteiger partial charge >= 0.3 is 11.7 Å². The lowest BCUT2D eigenvalue weighted by Gasteiger charge is -2.12. The van der Waals surface area contributed by atoms with Gasteiger partial charge in [0.15, 0.2) is 0 Å². The van der Waals surface area contributed by atoms with Gasteiger partial charge in [-0.2, -0.15) is 0 Å². The first-order valence-electron chi connectivity index (χ1n) is 6.14. The molecule has 110 valence electrons. The van der Waals surface area contributed by atoms with Gasteiger partial charge in [-0.1, -0.05) is 13.0 Å². The minimum Gasteiger partial charge on any atom is -0.477 e. The normalized spacial score (nSPS) is 11.9. The fraction of sp³-hybridized carbons (Fsp3) is 0.231. The van der Waals surface area contributed by atoms with Crippen molar-refractivity contribution in [3.05, 3.63) is 50.5 Å². The fourth-order valence-electron chi connectivity index (χ4n) is 1.88. The Hall–Kier alpha value is -2.48. The molecule has 8 heteroatoms. The number of aromatic carboxylic acids is 1. The van der Waals surface area contributed by atoms with E-state index in [1.54, 1.807) is 6.20 Å². The van der Waals surface area contributed by atoms with Gasteiger partial charge in [0, 0.05) is 24.0 Å². The lowest BCUT2D eigenvalue weighted by molar-refractivity contribution is -0.384. The van der Waals surface area contributed by atoms with Crippen LogP contribution in [0.25, 0.3) is 0 Å². The van der Waals surface area contributed by atoms with Crippen LogP contribution in [0.2, 0.25) is 0 Å². The van der Waals surface area contributed by atoms with Gasteiger partial charge in [-0.05, 0) is 12.1 Å². The average molecular weight is 307 g/mol. The smallest absolute Gasteiger partial charge is 0.342 e. The maximum absolute atomic E-state index is 11.1. The van der Waals surface area contributed by atoms with Crippen LogP contribution in [0.4, 0.5) is 11.4 Å². The number of nitrogens with one attached hydrogen (secondary N) is 1. The Morgan fingerprint density at radius 1 is 1.57 bits per heavy atom. The van der Waals surface area contributed by atoms with Gasteiger partial charge in [-0.15, -0.1) is 11.3 Å². The first-order chi connectivity index (χ1) is 10.0. The van der Waals surface area contributed by atoms with Crippen molar-refractivity contribution in [2.75, 3.05) is 11.9 Å². The molecule has 2 aromatic rings. The summed E-state index contributed by atoms with van der Waals surface area (Å²) in [6.45, 7) is 2.37. The van der Waals surface area contributed by atoms with Crippen molar-refractivity contribution in [1.29, 1.82) is 0 Å². The summed E-state index contributed by atoms with van der Waals surface area (Å²) >= 11 is 1.51. The molecule has 1 aromatic heterocycles. The second-order valence-corrected chi connectivity index (χ2v) is 5.34. The summed E-state index contributed by atoms with van der Waals surface area (Å²) in [5, 5.41) is 25.9. The van der Waals surface area contributed by atoms with Gasteiger partial charge in [-0.25, -0.2) is 9.78 Å². The summed E-state index contributed by atoms with van der Waals surface area (Å²) in [4.78, 5) is 25.7. The standard InChI is InChI=1S/C13H13N3O4S/c1-8(12-14-5-6-21-12)7-15-10-4-2-3-9(13(17)18)11(10)16(19)20/h2-6,8,15H,7H2,1H3,(H,17,18). The number of hydrogen-bond acceptors (Lipinski definition) is 6. The van der Waals surface area contributed by atoms with Crippen molar-refractivity contribution >= 4 is 28.7 Å². The molecule has 0 fully saturated rings. The van der Waals surface area contributed by atoms with Crippen molar-refractivity contribution < 1.29 is 14.8 Å². The quantitative estimate of drug-likeness (QED) is 0.628. The molecular formula is C13H13N3O4S. The average Bonchev–Trinajstić information content (AvgIpc) is 2.98. The van der Waals surface area contributed by atoms with Crippen LogP contribution in [0.3, 0.4) is 0 Å². The van der Waals surface area contributed by atoms with Crippen molar-refractivity contribution in [1.82, 2.24) is 4.98 Å². The number of rotatable bonds is 6. The zero-order valence-corrected chi connectivity index (χ0v) is 12.0. The number of aromatic nitrogens is 1. The molecule has 21 heavy (non-hydrogen) atoms. The first-order valence-corrected chi connectivity index (χ1v) is 7.02. The van der Waals surface area contributed by atoms with Gasteiger partial charge in [0.05, 0.1) is 9.93 Å². The lowest BCUT2D eigenvalue weighted by Crippen LogP contribution is -2.12. The Bertz CT molecular complexity index is 657. The second kappa shape index (κ2) is 6.31. The van der Waals surface area contributed by atoms with E-state index in [1.807, 2.05) is 12.3 Å². The summed E-state index contributed by atoms with van der Waals surface area (Å²) in [5.41, 5.74) is -0.549. The number of hydrogen-bond donors (Lipinski definition) is 2. The Labute approximate surface area is 124 Å². The number of thiazole rings is 1. The molecule has 2 N–H and O–H groups in total. The Morgan fingerprint density at radius 3 is 2.90 bits per heavy atom. The number of nitro groups is 1. The van der Waals surface area contributed by atoms with E-state index in [4.69, 9.17) is 5.11 Å². The molecule has 1 unspecified atom stereocenters. The van der Waals surface area contributed by atoms with Gasteiger partial charge < -0.3 is 10.4 Å². The highest BCUT2D eigenvalue weighted by molar-refractivity contribution is 7.09. The van der Waals surface area contributed by atoms with Crippen LogP contribution >= 0.6 is 11.3 Å². The zero-order chi connectivity index (χ0) is 15.4. The highest BCUT2D eigenvalue weighted by Crippen LogP contribution is 2.29. The van der Waals surface area contributed by atoms with E-state index in [-0.39, 0.29) is 17.2 Å². The lowest BCUT2D eigenvalue weighted by atomic mass is 10.1. The van der Waals surface area contributed by atoms with E-state index in [0.717, 1.165) is 5.01 Å². The van der Waals surface area contributed by atoms with Gasteiger partial charge in [-0.3, -0.25) is 10.1 Å². The van der Waals surface area contributed by atoms with Crippen molar-refractivity contribution in [2.45, 2.75) is 12.8 Å². The summed E-state index contributed by atoms with van der Waals surface area (Å²) in [5.74, 6) is -1.25. The molecule has 0 spiro atoms. The van der Waals surface area contributed by atoms with E-state index in [9.17, 15) is 14.9 Å². The minimum absolute atomic E-state index is 0.0677. The zero-order valence-electron chi connectivity index (χ0n) is 11.1. The van der Waals surface area contributed by atoms with E-state index in [0.29, 0.717) is 6.54 Å². The topological polar surface area (TPSA) is 105 Å². The number of carboxylic acids is 1. The third-order valence-electron chi connectivity index (χ3n) is 2.92. The molecular weight excluding hydrogens is 294 g/mol. The first kappa shape index (κ1) is 14.9. The minimum atomic E-state index is -1.32. The van der Waals surface area contributed by atoms with Gasteiger partial charge in [0.2, 0.25) is 0 Å². The molecule has 0 aliphatic heterocycles. The third kappa shape index (κ3) is 3.34. The Kier molecular flexibility index (Phi) is 4.49. The molecule has 0 saturated heterocycles. The molecule has 7 nitrogen and oxygen atoms in total. The highest BCUT2D eigenvalue weighted by atomic mass is 32.1. The number of nitrogens with zero attached hydrogens (tertiary/aromatic N) is 2. The molecule has 1 aromatic carbocycles. The molecule has 0 radical (unpaired) electrons. The van der Waals surface area contributed by atoms with E-state index in [2.05, 4.69) is 10.3 Å². The van der Waals surface area contributed by atoms with E-state index >= 15 is 0 Å². The number of carboxylic acid groups (broad SMARTS) is 1. The molecule has 2 rings (SSSR count). The molecule has 0 bridgehead atoms. The number of anilines is 1. The van der Waals surface area contributed by atoms with Crippen LogP contribution < -0.4 is 5.32 Å². The van der Waals surface area contributed by atoms with Crippen LogP contribution in [-0.4, -0.2) is 27.5 Å². The molecule has 0 amide bonds. The van der Waals surface area contributed by atoms with Crippen LogP contribution in [0.5, 0.6) is 0 Å². The Balaban J connectivity index is 2.22. The van der Waals surface area contributed by atoms with E-state index in [1.165, 1.54) is 29.5 Å². The maximum atomic E-state index is 11.1. The predicted octanol–water partition coefficient (Wildman–Crippen LogP) is 2.97. The molecule has 0 aliphatic rings. The number of para-hydroxylation sites is 1. The summed E-state index contributed by atoms with van der Waals surface area (Å²) in [7, 11) is 0. The van der Waals surface area contributed by atoms with Crippen LogP contribution in [0.15, 0.2) is 29.8 Å². The number of benzene rings is 1. The molecule has 1 heterocycles. The Morgan fingerprint density at radius 2 is 2.33 bits per heavy atom. The van der Waals surface area contributed by atoms with Gasteiger partial charge in [0.1, 0.15) is 11.3 Å². The van der Waals surface area contributed by atoms with Crippen LogP contribution in [-0.2, 0) is 0 Å². The van der Waals surface area contributed by atoms with Crippen LogP contribution in [0, 0.1) is 10.1 Å². The second-order valence-electron chi connectivity index (χ2n) is 4.42. The van der Waals surface area contributed by atoms with E-state index < -0.39 is 16.6 Å². The predicted molar refractivity (Wildman–Crippen MR) is 79.1 cm³/mol. The fourth-order valence-corrected chi connectivity index (χ4v) is 2.58. The third-order valence-corrected chi connectivity index (χ3v) is 3.93. The van der Waals surface area contributed by atoms with Crippen molar-refractivity contribution in [3.8, 4) is 0 Å². The summed E-state index contributed by atoms with van der Waals surface area (Å²) in [6, 6.07) is 4.20.